The summed E-state index contributed by atoms with van der Waals surface area (Å²) >= 11 is 1.93. The molecule has 0 fully saturated rings. The van der Waals surface area contributed by atoms with Gasteiger partial charge in [0.05, 0.1) is 0 Å². The van der Waals surface area contributed by atoms with Crippen LogP contribution < -0.4 is 0 Å². The number of thiophene rings is 1. The van der Waals surface area contributed by atoms with Crippen molar-refractivity contribution in [2.24, 2.45) is 0 Å². The molecule has 0 spiro atoms. The Hall–Kier alpha value is -5.76. The van der Waals surface area contributed by atoms with E-state index >= 15 is 0 Å². The van der Waals surface area contributed by atoms with Gasteiger partial charge in [0.25, 0.3) is 0 Å². The summed E-state index contributed by atoms with van der Waals surface area (Å²) in [7, 11) is 0. The van der Waals surface area contributed by atoms with E-state index in [1.54, 1.807) is 0 Å². The zero-order chi connectivity index (χ0) is 33.1. The predicted molar refractivity (Wildman–Crippen MR) is 218 cm³/mol. The van der Waals surface area contributed by atoms with Gasteiger partial charge in [0.2, 0.25) is 0 Å². The molecule has 0 bridgehead atoms. The molecule has 0 saturated carbocycles. The minimum absolute atomic E-state index is 0.0925. The molecule has 0 amide bonds. The van der Waals surface area contributed by atoms with Crippen molar-refractivity contribution in [1.82, 2.24) is 0 Å². The summed E-state index contributed by atoms with van der Waals surface area (Å²) in [6.07, 6.45) is 0. The first-order valence-electron chi connectivity index (χ1n) is 17.5. The van der Waals surface area contributed by atoms with Crippen molar-refractivity contribution in [3.63, 3.8) is 0 Å². The number of fused-ring (bicyclic) bond motifs is 12. The summed E-state index contributed by atoms with van der Waals surface area (Å²) in [6, 6.07) is 59.0. The van der Waals surface area contributed by atoms with Gasteiger partial charge >= 0.3 is 0 Å². The van der Waals surface area contributed by atoms with Crippen molar-refractivity contribution in [3.8, 4) is 33.4 Å². The summed E-state index contributed by atoms with van der Waals surface area (Å²) in [4.78, 5) is 0. The van der Waals surface area contributed by atoms with Crippen molar-refractivity contribution in [2.45, 2.75) is 19.3 Å². The molecule has 0 aliphatic heterocycles. The third-order valence-corrected chi connectivity index (χ3v) is 12.5. The quantitative estimate of drug-likeness (QED) is 0.163. The van der Waals surface area contributed by atoms with Crippen molar-refractivity contribution in [1.29, 1.82) is 0 Å². The first kappa shape index (κ1) is 28.1. The van der Waals surface area contributed by atoms with Crippen LogP contribution >= 0.6 is 11.3 Å². The SMILES string of the molecule is CC1(C)c2ccc3ccccc3c2-c2ccc3sc4cc(-c5c6ccccc6c(-c6cccc7ccccc67)c6ccccc56)ccc4c3c21. The summed E-state index contributed by atoms with van der Waals surface area (Å²) in [5.41, 5.74) is 10.8. The number of rotatable bonds is 2. The predicted octanol–water partition coefficient (Wildman–Crippen LogP) is 14.3. The maximum atomic E-state index is 2.46. The summed E-state index contributed by atoms with van der Waals surface area (Å²) < 4.78 is 2.70. The molecule has 0 unspecified atom stereocenters. The van der Waals surface area contributed by atoms with Crippen molar-refractivity contribution in [3.05, 3.63) is 169 Å². The molecular weight excluding hydrogens is 621 g/mol. The van der Waals surface area contributed by atoms with Crippen LogP contribution in [0.1, 0.15) is 25.0 Å². The van der Waals surface area contributed by atoms with Gasteiger partial charge in [-0.2, -0.15) is 0 Å². The summed E-state index contributed by atoms with van der Waals surface area (Å²) in [6.45, 7) is 4.83. The van der Waals surface area contributed by atoms with E-state index in [0.717, 1.165) is 0 Å². The third-order valence-electron chi connectivity index (χ3n) is 11.4. The molecular formula is C49H32S. The average molecular weight is 653 g/mol. The highest BCUT2D eigenvalue weighted by atomic mass is 32.1. The first-order chi connectivity index (χ1) is 24.6. The Balaban J connectivity index is 1.18. The van der Waals surface area contributed by atoms with E-state index in [9.17, 15) is 0 Å². The Morgan fingerprint density at radius 1 is 0.400 bits per heavy atom. The van der Waals surface area contributed by atoms with Crippen LogP contribution in [0.5, 0.6) is 0 Å². The lowest BCUT2D eigenvalue weighted by Crippen LogP contribution is -2.15. The van der Waals surface area contributed by atoms with Crippen LogP contribution in [0.15, 0.2) is 158 Å². The van der Waals surface area contributed by atoms with E-state index < -0.39 is 0 Å². The van der Waals surface area contributed by atoms with Gasteiger partial charge in [0.15, 0.2) is 0 Å². The second kappa shape index (κ2) is 10.1. The lowest BCUT2D eigenvalue weighted by atomic mass is 9.80. The van der Waals surface area contributed by atoms with Gasteiger partial charge in [-0.15, -0.1) is 11.3 Å². The van der Waals surface area contributed by atoms with E-state index in [1.807, 2.05) is 11.3 Å². The Bertz CT molecular complexity index is 3000. The zero-order valence-electron chi connectivity index (χ0n) is 27.9. The monoisotopic (exact) mass is 652 g/mol. The van der Waals surface area contributed by atoms with E-state index in [2.05, 4.69) is 172 Å². The van der Waals surface area contributed by atoms with E-state index in [-0.39, 0.29) is 5.41 Å². The van der Waals surface area contributed by atoms with Crippen LogP contribution in [-0.2, 0) is 5.41 Å². The van der Waals surface area contributed by atoms with Crippen LogP contribution in [0.4, 0.5) is 0 Å². The Kier molecular flexibility index (Phi) is 5.70. The molecule has 1 aliphatic rings. The van der Waals surface area contributed by atoms with Gasteiger partial charge in [0.1, 0.15) is 0 Å². The molecule has 9 aromatic carbocycles. The lowest BCUT2D eigenvalue weighted by molar-refractivity contribution is 0.667. The van der Waals surface area contributed by atoms with Crippen LogP contribution in [0.3, 0.4) is 0 Å². The second-order valence-corrected chi connectivity index (χ2v) is 15.5. The molecule has 0 N–H and O–H groups in total. The fourth-order valence-electron chi connectivity index (χ4n) is 9.27. The fraction of sp³-hybridized carbons (Fsp3) is 0.0612. The normalized spacial score (nSPS) is 13.6. The molecule has 1 aliphatic carbocycles. The van der Waals surface area contributed by atoms with Crippen LogP contribution in [0, 0.1) is 0 Å². The lowest BCUT2D eigenvalue weighted by Gasteiger charge is -2.23. The molecule has 1 heterocycles. The molecule has 1 heteroatoms. The van der Waals surface area contributed by atoms with Gasteiger partial charge in [-0.3, -0.25) is 0 Å². The maximum Gasteiger partial charge on any atom is 0.0361 e. The average Bonchev–Trinajstić information content (AvgIpc) is 3.64. The first-order valence-corrected chi connectivity index (χ1v) is 18.3. The van der Waals surface area contributed by atoms with Crippen LogP contribution in [0.2, 0.25) is 0 Å². The van der Waals surface area contributed by atoms with Crippen molar-refractivity contribution >= 4 is 74.6 Å². The highest BCUT2D eigenvalue weighted by molar-refractivity contribution is 7.25. The molecule has 0 nitrogen and oxygen atoms in total. The second-order valence-electron chi connectivity index (χ2n) is 14.4. The van der Waals surface area contributed by atoms with Gasteiger partial charge in [0, 0.05) is 25.6 Å². The van der Waals surface area contributed by atoms with Gasteiger partial charge in [-0.1, -0.05) is 159 Å². The number of benzene rings is 9. The molecule has 1 aromatic heterocycles. The van der Waals surface area contributed by atoms with Crippen molar-refractivity contribution < 1.29 is 0 Å². The van der Waals surface area contributed by atoms with Crippen LogP contribution in [-0.4, -0.2) is 0 Å². The third kappa shape index (κ3) is 3.71. The molecule has 11 rings (SSSR count). The summed E-state index contributed by atoms with van der Waals surface area (Å²) in [5.74, 6) is 0. The van der Waals surface area contributed by atoms with E-state index in [0.29, 0.717) is 0 Å². The molecule has 0 saturated heterocycles. The Morgan fingerprint density at radius 2 is 1.00 bits per heavy atom. The largest absolute Gasteiger partial charge is 0.135 e. The molecule has 50 heavy (non-hydrogen) atoms. The molecule has 0 radical (unpaired) electrons. The Labute approximate surface area is 294 Å². The standard InChI is InChI=1S/C49H32S/c1-49(2)41-26-23-30-13-4-6-16-33(30)46(41)40-25-27-42-47(48(40)49)39-24-22-31(28-43(39)50-42)44-35-17-7-9-19-37(35)45(38-20-10-8-18-36(38)44)34-21-11-14-29-12-3-5-15-32(29)34/h3-28H,1-2H3. The molecule has 0 atom stereocenters. The van der Waals surface area contributed by atoms with Gasteiger partial charge < -0.3 is 0 Å². The van der Waals surface area contributed by atoms with Gasteiger partial charge in [-0.25, -0.2) is 0 Å². The molecule has 10 aromatic rings. The summed E-state index contributed by atoms with van der Waals surface area (Å²) in [5, 5.41) is 13.1. The van der Waals surface area contributed by atoms with E-state index in [1.165, 1.54) is 108 Å². The molecule has 234 valence electrons. The maximum absolute atomic E-state index is 2.46. The zero-order valence-corrected chi connectivity index (χ0v) is 28.7. The topological polar surface area (TPSA) is 0 Å². The van der Waals surface area contributed by atoms with Crippen molar-refractivity contribution in [2.75, 3.05) is 0 Å². The fourth-order valence-corrected chi connectivity index (χ4v) is 10.4. The number of hydrogen-bond acceptors (Lipinski definition) is 1. The van der Waals surface area contributed by atoms with Crippen LogP contribution in [0.25, 0.3) is 96.6 Å². The minimum Gasteiger partial charge on any atom is -0.135 e. The van der Waals surface area contributed by atoms with Gasteiger partial charge in [-0.05, 0) is 99.7 Å². The number of hydrogen-bond donors (Lipinski definition) is 0. The highest BCUT2D eigenvalue weighted by Crippen LogP contribution is 2.56. The Morgan fingerprint density at radius 3 is 1.72 bits per heavy atom. The smallest absolute Gasteiger partial charge is 0.0361 e. The minimum atomic E-state index is -0.0925. The highest BCUT2D eigenvalue weighted by Gasteiger charge is 2.38. The van der Waals surface area contributed by atoms with E-state index in [4.69, 9.17) is 0 Å².